The molecule has 2 atom stereocenters. The highest BCUT2D eigenvalue weighted by Gasteiger charge is 2.40. The maximum atomic E-state index is 13.5. The van der Waals surface area contributed by atoms with Gasteiger partial charge in [-0.2, -0.15) is 4.31 Å². The number of nitrogens with zero attached hydrogens (tertiary/aromatic N) is 2. The molecule has 34 heavy (non-hydrogen) atoms. The summed E-state index contributed by atoms with van der Waals surface area (Å²) < 4.78 is 28.4. The molecule has 1 saturated carbocycles. The number of amides is 2. The fourth-order valence-electron chi connectivity index (χ4n) is 5.10. The van der Waals surface area contributed by atoms with E-state index in [9.17, 15) is 18.0 Å². The first kappa shape index (κ1) is 23.1. The van der Waals surface area contributed by atoms with Crippen molar-refractivity contribution >= 4 is 33.2 Å². The molecule has 2 amide bonds. The summed E-state index contributed by atoms with van der Waals surface area (Å²) >= 11 is 0. The van der Waals surface area contributed by atoms with E-state index < -0.39 is 15.9 Å². The third kappa shape index (κ3) is 4.25. The summed E-state index contributed by atoms with van der Waals surface area (Å²) in [7, 11) is -3.74. The lowest BCUT2D eigenvalue weighted by molar-refractivity contribution is -0.121. The van der Waals surface area contributed by atoms with E-state index in [-0.39, 0.29) is 35.2 Å². The molecule has 1 N–H and O–H groups in total. The van der Waals surface area contributed by atoms with Crippen LogP contribution in [0.25, 0.3) is 0 Å². The molecule has 2 aliphatic heterocycles. The van der Waals surface area contributed by atoms with Crippen molar-refractivity contribution in [3.63, 3.8) is 0 Å². The topological polar surface area (TPSA) is 86.8 Å². The number of carbonyl (C=O) groups excluding carboxylic acids is 2. The fraction of sp³-hybridized carbons (Fsp3) is 0.462. The van der Waals surface area contributed by atoms with E-state index in [0.717, 1.165) is 35.3 Å². The average molecular weight is 482 g/mol. The van der Waals surface area contributed by atoms with Crippen molar-refractivity contribution in [1.29, 1.82) is 0 Å². The molecule has 0 aromatic heterocycles. The summed E-state index contributed by atoms with van der Waals surface area (Å²) in [6.07, 6.45) is 3.83. The van der Waals surface area contributed by atoms with Crippen molar-refractivity contribution < 1.29 is 18.0 Å². The first-order chi connectivity index (χ1) is 16.3. The minimum Gasteiger partial charge on any atom is -0.326 e. The van der Waals surface area contributed by atoms with Gasteiger partial charge in [0.15, 0.2) is 0 Å². The molecular weight excluding hydrogens is 450 g/mol. The Morgan fingerprint density at radius 3 is 2.53 bits per heavy atom. The zero-order chi connectivity index (χ0) is 24.0. The van der Waals surface area contributed by atoms with Crippen LogP contribution in [0.4, 0.5) is 11.4 Å². The molecule has 2 aromatic rings. The number of carbonyl (C=O) groups is 2. The zero-order valence-corrected chi connectivity index (χ0v) is 20.5. The average Bonchev–Trinajstić information content (AvgIpc) is 3.62. The Kier molecular flexibility index (Phi) is 5.98. The lowest BCUT2D eigenvalue weighted by Gasteiger charge is -2.31. The van der Waals surface area contributed by atoms with E-state index in [4.69, 9.17) is 0 Å². The number of hydrogen-bond acceptors (Lipinski definition) is 4. The quantitative estimate of drug-likeness (QED) is 0.705. The van der Waals surface area contributed by atoms with Gasteiger partial charge < -0.3 is 10.2 Å². The standard InChI is InChI=1S/C26H31N3O4S/c1-17-6-3-4-8-23(17)27-25(30)20-7-5-13-28(16-20)34(32,33)22-11-12-24-21(15-22)14-18(2)29(24)26(31)19-9-10-19/h3-4,6,8,11-12,15,18-20H,5,7,9-10,13-14,16H2,1-2H3,(H,27,30)/t18-,20+/m1/s1. The Hall–Kier alpha value is -2.71. The van der Waals surface area contributed by atoms with Crippen LogP contribution in [0.3, 0.4) is 0 Å². The first-order valence-corrected chi connectivity index (χ1v) is 13.5. The monoisotopic (exact) mass is 481 g/mol. The molecule has 180 valence electrons. The van der Waals surface area contributed by atoms with Gasteiger partial charge in [-0.25, -0.2) is 8.42 Å². The SMILES string of the molecule is Cc1ccccc1NC(=O)[C@H]1CCCN(S(=O)(=O)c2ccc3c(c2)C[C@@H](C)N3C(=O)C2CC2)C1. The second-order valence-electron chi connectivity index (χ2n) is 9.83. The van der Waals surface area contributed by atoms with Gasteiger partial charge in [0.1, 0.15) is 0 Å². The van der Waals surface area contributed by atoms with Gasteiger partial charge in [-0.15, -0.1) is 0 Å². The number of hydrogen-bond donors (Lipinski definition) is 1. The molecule has 2 aromatic carbocycles. The number of benzene rings is 2. The number of piperidine rings is 1. The number of rotatable bonds is 5. The third-order valence-corrected chi connectivity index (χ3v) is 9.09. The first-order valence-electron chi connectivity index (χ1n) is 12.1. The number of anilines is 2. The largest absolute Gasteiger partial charge is 0.326 e. The third-order valence-electron chi connectivity index (χ3n) is 7.23. The summed E-state index contributed by atoms with van der Waals surface area (Å²) in [4.78, 5) is 27.7. The van der Waals surface area contributed by atoms with E-state index in [1.165, 1.54) is 4.31 Å². The molecular formula is C26H31N3O4S. The van der Waals surface area contributed by atoms with E-state index in [2.05, 4.69) is 5.32 Å². The van der Waals surface area contributed by atoms with Crippen LogP contribution in [0.15, 0.2) is 47.4 Å². The summed E-state index contributed by atoms with van der Waals surface area (Å²) in [5.41, 5.74) is 3.45. The molecule has 3 aliphatic rings. The van der Waals surface area contributed by atoms with Crippen molar-refractivity contribution in [3.8, 4) is 0 Å². The van der Waals surface area contributed by atoms with Gasteiger partial charge in [0.05, 0.1) is 10.8 Å². The van der Waals surface area contributed by atoms with Crippen LogP contribution in [0.1, 0.15) is 43.7 Å². The molecule has 0 spiro atoms. The van der Waals surface area contributed by atoms with Crippen molar-refractivity contribution in [2.24, 2.45) is 11.8 Å². The van der Waals surface area contributed by atoms with Gasteiger partial charge in [-0.05, 0) is 81.3 Å². The summed E-state index contributed by atoms with van der Waals surface area (Å²) in [6, 6.07) is 12.7. The minimum atomic E-state index is -3.74. The lowest BCUT2D eigenvalue weighted by atomic mass is 9.98. The van der Waals surface area contributed by atoms with E-state index in [1.807, 2.05) is 43.0 Å². The summed E-state index contributed by atoms with van der Waals surface area (Å²) in [5.74, 6) is -0.274. The van der Waals surface area contributed by atoms with Crippen molar-refractivity contribution in [2.75, 3.05) is 23.3 Å². The Morgan fingerprint density at radius 2 is 1.79 bits per heavy atom. The summed E-state index contributed by atoms with van der Waals surface area (Å²) in [6.45, 7) is 4.51. The van der Waals surface area contributed by atoms with Crippen LogP contribution in [-0.2, 0) is 26.0 Å². The molecule has 0 radical (unpaired) electrons. The second-order valence-corrected chi connectivity index (χ2v) is 11.8. The Morgan fingerprint density at radius 1 is 1.03 bits per heavy atom. The predicted octanol–water partition coefficient (Wildman–Crippen LogP) is 3.72. The number of sulfonamides is 1. The van der Waals surface area contributed by atoms with Gasteiger partial charge in [0.25, 0.3) is 0 Å². The normalized spacial score (nSPS) is 22.9. The number of fused-ring (bicyclic) bond motifs is 1. The van der Waals surface area contributed by atoms with Crippen molar-refractivity contribution in [3.05, 3.63) is 53.6 Å². The maximum Gasteiger partial charge on any atom is 0.243 e. The van der Waals surface area contributed by atoms with Crippen LogP contribution >= 0.6 is 0 Å². The predicted molar refractivity (Wildman–Crippen MR) is 131 cm³/mol. The molecule has 8 heteroatoms. The van der Waals surface area contributed by atoms with Gasteiger partial charge >= 0.3 is 0 Å². The van der Waals surface area contributed by atoms with Gasteiger partial charge in [0.2, 0.25) is 21.8 Å². The van der Waals surface area contributed by atoms with Crippen molar-refractivity contribution in [2.45, 2.75) is 56.9 Å². The number of aryl methyl sites for hydroxylation is 1. The van der Waals surface area contributed by atoms with Crippen LogP contribution < -0.4 is 10.2 Å². The van der Waals surface area contributed by atoms with Crippen molar-refractivity contribution in [1.82, 2.24) is 4.31 Å². The lowest BCUT2D eigenvalue weighted by Crippen LogP contribution is -2.43. The summed E-state index contributed by atoms with van der Waals surface area (Å²) in [5, 5.41) is 2.96. The maximum absolute atomic E-state index is 13.5. The Bertz CT molecular complexity index is 1240. The molecule has 2 fully saturated rings. The van der Waals surface area contributed by atoms with Gasteiger partial charge in [-0.1, -0.05) is 18.2 Å². The van der Waals surface area contributed by atoms with Crippen LogP contribution in [0, 0.1) is 18.8 Å². The highest BCUT2D eigenvalue weighted by Crippen LogP contribution is 2.40. The smallest absolute Gasteiger partial charge is 0.243 e. The molecule has 0 unspecified atom stereocenters. The highest BCUT2D eigenvalue weighted by molar-refractivity contribution is 7.89. The van der Waals surface area contributed by atoms with E-state index in [0.29, 0.717) is 25.8 Å². The minimum absolute atomic E-state index is 0.0329. The molecule has 5 rings (SSSR count). The zero-order valence-electron chi connectivity index (χ0n) is 19.7. The number of nitrogens with one attached hydrogen (secondary N) is 1. The fourth-order valence-corrected chi connectivity index (χ4v) is 6.68. The molecule has 0 bridgehead atoms. The number of para-hydroxylation sites is 1. The van der Waals surface area contributed by atoms with Crippen LogP contribution in [-0.4, -0.2) is 43.7 Å². The Balaban J connectivity index is 1.33. The molecule has 2 heterocycles. The van der Waals surface area contributed by atoms with Gasteiger partial charge in [-0.3, -0.25) is 9.59 Å². The highest BCUT2D eigenvalue weighted by atomic mass is 32.2. The Labute approximate surface area is 201 Å². The van der Waals surface area contributed by atoms with Crippen LogP contribution in [0.5, 0.6) is 0 Å². The van der Waals surface area contributed by atoms with Gasteiger partial charge in [0, 0.05) is 36.4 Å². The van der Waals surface area contributed by atoms with E-state index in [1.54, 1.807) is 18.2 Å². The molecule has 1 saturated heterocycles. The molecule has 1 aliphatic carbocycles. The molecule has 7 nitrogen and oxygen atoms in total. The van der Waals surface area contributed by atoms with E-state index >= 15 is 0 Å². The second kappa shape index (κ2) is 8.82. The van der Waals surface area contributed by atoms with Crippen LogP contribution in [0.2, 0.25) is 0 Å².